The highest BCUT2D eigenvalue weighted by Crippen LogP contribution is 2.22. The van der Waals surface area contributed by atoms with E-state index < -0.39 is 0 Å². The molecule has 1 heterocycles. The van der Waals surface area contributed by atoms with Gasteiger partial charge in [-0.15, -0.1) is 0 Å². The lowest BCUT2D eigenvalue weighted by Crippen LogP contribution is -2.31. The normalized spacial score (nSPS) is 10.7. The maximum absolute atomic E-state index is 13.1. The highest BCUT2D eigenvalue weighted by atomic mass is 16.5. The Bertz CT molecular complexity index is 961. The summed E-state index contributed by atoms with van der Waals surface area (Å²) in [6, 6.07) is 18.4. The van der Waals surface area contributed by atoms with Crippen LogP contribution >= 0.6 is 0 Å². The second kappa shape index (κ2) is 9.78. The summed E-state index contributed by atoms with van der Waals surface area (Å²) in [6.45, 7) is 4.23. The Kier molecular flexibility index (Phi) is 6.91. The first-order valence-electron chi connectivity index (χ1n) is 9.83. The van der Waals surface area contributed by atoms with Crippen molar-refractivity contribution in [3.8, 4) is 5.75 Å². The van der Waals surface area contributed by atoms with Crippen molar-refractivity contribution in [2.45, 2.75) is 32.9 Å². The average molecular weight is 406 g/mol. The molecule has 0 fully saturated rings. The molecule has 0 spiro atoms. The lowest BCUT2D eigenvalue weighted by atomic mass is 10.1. The van der Waals surface area contributed by atoms with E-state index in [2.05, 4.69) is 5.32 Å². The second-order valence-electron chi connectivity index (χ2n) is 7.28. The van der Waals surface area contributed by atoms with Gasteiger partial charge >= 0.3 is 0 Å². The lowest BCUT2D eigenvalue weighted by Gasteiger charge is -2.22. The van der Waals surface area contributed by atoms with Gasteiger partial charge in [0, 0.05) is 11.7 Å². The molecule has 0 bridgehead atoms. The van der Waals surface area contributed by atoms with Crippen LogP contribution < -0.4 is 15.0 Å². The number of carbonyl (C=O) groups excluding carboxylic acids is 2. The van der Waals surface area contributed by atoms with Crippen molar-refractivity contribution in [1.82, 2.24) is 5.32 Å². The molecule has 0 atom stereocenters. The highest BCUT2D eigenvalue weighted by molar-refractivity contribution is 6.04. The number of methoxy groups -OCH3 is 1. The van der Waals surface area contributed by atoms with E-state index in [9.17, 15) is 9.59 Å². The average Bonchev–Trinajstić information content (AvgIpc) is 3.27. The van der Waals surface area contributed by atoms with Gasteiger partial charge in [0.2, 0.25) is 5.91 Å². The molecule has 0 aliphatic rings. The van der Waals surface area contributed by atoms with E-state index >= 15 is 0 Å². The van der Waals surface area contributed by atoms with Crippen molar-refractivity contribution < 1.29 is 18.7 Å². The fourth-order valence-corrected chi connectivity index (χ4v) is 3.08. The second-order valence-corrected chi connectivity index (χ2v) is 7.28. The third kappa shape index (κ3) is 5.50. The Hall–Kier alpha value is -3.54. The molecule has 1 aromatic heterocycles. The third-order valence-electron chi connectivity index (χ3n) is 4.54. The van der Waals surface area contributed by atoms with Crippen LogP contribution in [0.1, 0.15) is 35.5 Å². The van der Waals surface area contributed by atoms with Crippen molar-refractivity contribution >= 4 is 17.5 Å². The van der Waals surface area contributed by atoms with Gasteiger partial charge < -0.3 is 19.4 Å². The molecule has 156 valence electrons. The number of nitrogens with one attached hydrogen (secondary N) is 1. The SMILES string of the molecule is COc1ccc(CN(C(=O)c2ccco2)c2ccc(CC(=O)NC(C)C)cc2)cc1. The number of hydrogen-bond donors (Lipinski definition) is 1. The summed E-state index contributed by atoms with van der Waals surface area (Å²) in [5.74, 6) is 0.760. The van der Waals surface area contributed by atoms with Crippen molar-refractivity contribution in [2.24, 2.45) is 0 Å². The first kappa shape index (κ1) is 21.2. The van der Waals surface area contributed by atoms with Gasteiger partial charge in [0.05, 0.1) is 26.3 Å². The molecular formula is C24H26N2O4. The minimum absolute atomic E-state index is 0.0282. The maximum atomic E-state index is 13.1. The van der Waals surface area contributed by atoms with Crippen molar-refractivity contribution in [1.29, 1.82) is 0 Å². The highest BCUT2D eigenvalue weighted by Gasteiger charge is 2.20. The van der Waals surface area contributed by atoms with Gasteiger partial charge in [-0.1, -0.05) is 24.3 Å². The molecule has 2 amide bonds. The smallest absolute Gasteiger partial charge is 0.294 e. The Morgan fingerprint density at radius 1 is 1.00 bits per heavy atom. The van der Waals surface area contributed by atoms with Crippen LogP contribution in [-0.2, 0) is 17.8 Å². The summed E-state index contributed by atoms with van der Waals surface area (Å²) in [6.07, 6.45) is 1.78. The number of carbonyl (C=O) groups is 2. The zero-order valence-corrected chi connectivity index (χ0v) is 17.4. The first-order chi connectivity index (χ1) is 14.5. The Morgan fingerprint density at radius 2 is 1.67 bits per heavy atom. The standard InChI is InChI=1S/C24H26N2O4/c1-17(2)25-23(27)15-18-6-10-20(11-7-18)26(24(28)22-5-4-14-30-22)16-19-8-12-21(29-3)13-9-19/h4-14,17H,15-16H2,1-3H3,(H,25,27). The van der Waals surface area contributed by atoms with E-state index in [0.29, 0.717) is 13.0 Å². The molecule has 3 aromatic rings. The van der Waals surface area contributed by atoms with Crippen LogP contribution in [-0.4, -0.2) is 25.0 Å². The van der Waals surface area contributed by atoms with Crippen molar-refractivity contribution in [2.75, 3.05) is 12.0 Å². The fourth-order valence-electron chi connectivity index (χ4n) is 3.08. The summed E-state index contributed by atoms with van der Waals surface area (Å²) in [4.78, 5) is 26.7. The predicted octanol–water partition coefficient (Wildman–Crippen LogP) is 4.20. The minimum Gasteiger partial charge on any atom is -0.497 e. The number of hydrogen-bond acceptors (Lipinski definition) is 4. The van der Waals surface area contributed by atoms with Crippen LogP contribution in [0, 0.1) is 0 Å². The van der Waals surface area contributed by atoms with Gasteiger partial charge in [-0.05, 0) is 61.4 Å². The van der Waals surface area contributed by atoms with Gasteiger partial charge in [-0.3, -0.25) is 9.59 Å². The number of anilines is 1. The van der Waals surface area contributed by atoms with Gasteiger partial charge in [-0.25, -0.2) is 0 Å². The van der Waals surface area contributed by atoms with E-state index in [-0.39, 0.29) is 23.6 Å². The maximum Gasteiger partial charge on any atom is 0.294 e. The van der Waals surface area contributed by atoms with E-state index in [1.807, 2.05) is 62.4 Å². The van der Waals surface area contributed by atoms with E-state index in [0.717, 1.165) is 22.6 Å². The Balaban J connectivity index is 1.82. The summed E-state index contributed by atoms with van der Waals surface area (Å²) >= 11 is 0. The number of nitrogens with zero attached hydrogens (tertiary/aromatic N) is 1. The Labute approximate surface area is 176 Å². The zero-order chi connectivity index (χ0) is 21.5. The monoisotopic (exact) mass is 406 g/mol. The van der Waals surface area contributed by atoms with Crippen LogP contribution in [0.5, 0.6) is 5.75 Å². The topological polar surface area (TPSA) is 71.8 Å². The largest absolute Gasteiger partial charge is 0.497 e. The molecule has 0 saturated carbocycles. The lowest BCUT2D eigenvalue weighted by molar-refractivity contribution is -0.120. The first-order valence-corrected chi connectivity index (χ1v) is 9.83. The van der Waals surface area contributed by atoms with Crippen molar-refractivity contribution in [3.63, 3.8) is 0 Å². The molecule has 30 heavy (non-hydrogen) atoms. The summed E-state index contributed by atoms with van der Waals surface area (Å²) < 4.78 is 10.5. The van der Waals surface area contributed by atoms with Crippen molar-refractivity contribution in [3.05, 3.63) is 83.8 Å². The predicted molar refractivity (Wildman–Crippen MR) is 116 cm³/mol. The molecular weight excluding hydrogens is 380 g/mol. The minimum atomic E-state index is -0.235. The van der Waals surface area contributed by atoms with Gasteiger partial charge in [0.1, 0.15) is 5.75 Å². The quantitative estimate of drug-likeness (QED) is 0.609. The molecule has 3 rings (SSSR count). The summed E-state index contributed by atoms with van der Waals surface area (Å²) in [7, 11) is 1.62. The van der Waals surface area contributed by atoms with E-state index in [4.69, 9.17) is 9.15 Å². The van der Waals surface area contributed by atoms with Crippen LogP contribution in [0.3, 0.4) is 0 Å². The number of ether oxygens (including phenoxy) is 1. The molecule has 6 heteroatoms. The van der Waals surface area contributed by atoms with Crippen LogP contribution in [0.15, 0.2) is 71.3 Å². The Morgan fingerprint density at radius 3 is 2.23 bits per heavy atom. The zero-order valence-electron chi connectivity index (χ0n) is 17.4. The molecule has 0 unspecified atom stereocenters. The molecule has 2 aromatic carbocycles. The fraction of sp³-hybridized carbons (Fsp3) is 0.250. The summed E-state index contributed by atoms with van der Waals surface area (Å²) in [5.41, 5.74) is 2.56. The molecule has 6 nitrogen and oxygen atoms in total. The molecule has 0 radical (unpaired) electrons. The van der Waals surface area contributed by atoms with Gasteiger partial charge in [0.15, 0.2) is 5.76 Å². The molecule has 0 aliphatic carbocycles. The van der Waals surface area contributed by atoms with Gasteiger partial charge in [0.25, 0.3) is 5.91 Å². The van der Waals surface area contributed by atoms with Crippen LogP contribution in [0.4, 0.5) is 5.69 Å². The third-order valence-corrected chi connectivity index (χ3v) is 4.54. The van der Waals surface area contributed by atoms with E-state index in [1.165, 1.54) is 6.26 Å². The van der Waals surface area contributed by atoms with E-state index in [1.54, 1.807) is 24.1 Å². The number of furan rings is 1. The molecule has 1 N–H and O–H groups in total. The number of amides is 2. The van der Waals surface area contributed by atoms with Gasteiger partial charge in [-0.2, -0.15) is 0 Å². The van der Waals surface area contributed by atoms with Crippen LogP contribution in [0.25, 0.3) is 0 Å². The number of rotatable bonds is 8. The number of benzene rings is 2. The molecule has 0 saturated heterocycles. The van der Waals surface area contributed by atoms with Crippen LogP contribution in [0.2, 0.25) is 0 Å². The summed E-state index contributed by atoms with van der Waals surface area (Å²) in [5, 5.41) is 2.88. The molecule has 0 aliphatic heterocycles.